The van der Waals surface area contributed by atoms with Crippen LogP contribution in [0.25, 0.3) is 6.08 Å². The molecular weight excluding hydrogens is 555 g/mol. The first kappa shape index (κ1) is 23.2. The van der Waals surface area contributed by atoms with E-state index in [1.54, 1.807) is 43.3 Å². The van der Waals surface area contributed by atoms with Crippen LogP contribution in [0, 0.1) is 3.57 Å². The van der Waals surface area contributed by atoms with Crippen molar-refractivity contribution in [3.63, 3.8) is 0 Å². The molecule has 4 amide bonds. The SMILES string of the molecule is CCOc1cc(/C=C2\C(=O)NC(=O)N(c3ccc(I)cc3)C2=O)ccc1OC(=O)c1ccco1. The van der Waals surface area contributed by atoms with Gasteiger partial charge in [0.1, 0.15) is 5.57 Å². The van der Waals surface area contributed by atoms with Crippen molar-refractivity contribution < 1.29 is 33.1 Å². The highest BCUT2D eigenvalue weighted by atomic mass is 127. The van der Waals surface area contributed by atoms with Crippen molar-refractivity contribution in [3.8, 4) is 11.5 Å². The first-order chi connectivity index (χ1) is 16.4. The van der Waals surface area contributed by atoms with Gasteiger partial charge in [0.15, 0.2) is 11.5 Å². The van der Waals surface area contributed by atoms with E-state index in [4.69, 9.17) is 13.9 Å². The van der Waals surface area contributed by atoms with Crippen LogP contribution >= 0.6 is 22.6 Å². The van der Waals surface area contributed by atoms with Crippen molar-refractivity contribution in [2.75, 3.05) is 11.5 Å². The lowest BCUT2D eigenvalue weighted by Crippen LogP contribution is -2.54. The summed E-state index contributed by atoms with van der Waals surface area (Å²) in [5, 5.41) is 2.18. The molecule has 3 aromatic rings. The van der Waals surface area contributed by atoms with Crippen molar-refractivity contribution in [1.29, 1.82) is 0 Å². The van der Waals surface area contributed by atoms with Gasteiger partial charge in [0.05, 0.1) is 18.6 Å². The van der Waals surface area contributed by atoms with Gasteiger partial charge in [-0.2, -0.15) is 0 Å². The van der Waals surface area contributed by atoms with Crippen molar-refractivity contribution in [3.05, 3.63) is 81.3 Å². The monoisotopic (exact) mass is 572 g/mol. The van der Waals surface area contributed by atoms with Crippen molar-refractivity contribution in [1.82, 2.24) is 5.32 Å². The standard InChI is InChI=1S/C24H17IN2O7/c1-2-32-20-13-14(5-10-18(20)34-23(30)19-4-3-11-33-19)12-17-21(28)26-24(31)27(22(17)29)16-8-6-15(25)7-9-16/h3-13H,2H2,1H3,(H,26,28,31)/b17-12+. The van der Waals surface area contributed by atoms with Crippen molar-refractivity contribution >= 4 is 58.2 Å². The highest BCUT2D eigenvalue weighted by Gasteiger charge is 2.36. The van der Waals surface area contributed by atoms with Crippen LogP contribution < -0.4 is 19.7 Å². The average Bonchev–Trinajstić information content (AvgIpc) is 3.35. The number of ether oxygens (including phenoxy) is 2. The number of benzene rings is 2. The van der Waals surface area contributed by atoms with Gasteiger partial charge in [0, 0.05) is 3.57 Å². The van der Waals surface area contributed by atoms with Crippen LogP contribution in [0.15, 0.2) is 70.9 Å². The Hall–Kier alpha value is -3.93. The number of carbonyl (C=O) groups excluding carboxylic acids is 4. The molecule has 0 aliphatic carbocycles. The van der Waals surface area contributed by atoms with Gasteiger partial charge in [-0.05, 0) is 89.7 Å². The number of halogens is 1. The van der Waals surface area contributed by atoms with E-state index in [-0.39, 0.29) is 29.4 Å². The fraction of sp³-hybridized carbons (Fsp3) is 0.0833. The molecule has 0 spiro atoms. The quantitative estimate of drug-likeness (QED) is 0.155. The predicted octanol–water partition coefficient (Wildman–Crippen LogP) is 4.17. The maximum absolute atomic E-state index is 13.1. The first-order valence-corrected chi connectivity index (χ1v) is 11.1. The second kappa shape index (κ2) is 9.91. The number of esters is 1. The molecule has 0 saturated carbocycles. The average molecular weight is 572 g/mol. The summed E-state index contributed by atoms with van der Waals surface area (Å²) in [5.41, 5.74) is 0.522. The maximum atomic E-state index is 13.1. The summed E-state index contributed by atoms with van der Waals surface area (Å²) < 4.78 is 16.9. The second-order valence-corrected chi connectivity index (χ2v) is 8.19. The lowest BCUT2D eigenvalue weighted by molar-refractivity contribution is -0.122. The fourth-order valence-corrected chi connectivity index (χ4v) is 3.52. The fourth-order valence-electron chi connectivity index (χ4n) is 3.16. The number of furan rings is 1. The summed E-state index contributed by atoms with van der Waals surface area (Å²) in [7, 11) is 0. The lowest BCUT2D eigenvalue weighted by Gasteiger charge is -2.26. The number of barbiturate groups is 1. The van der Waals surface area contributed by atoms with E-state index >= 15 is 0 Å². The molecule has 0 unspecified atom stereocenters. The van der Waals surface area contributed by atoms with Gasteiger partial charge in [-0.25, -0.2) is 14.5 Å². The van der Waals surface area contributed by atoms with Crippen molar-refractivity contribution in [2.45, 2.75) is 6.92 Å². The van der Waals surface area contributed by atoms with Gasteiger partial charge in [-0.15, -0.1) is 0 Å². The molecule has 2 heterocycles. The van der Waals surface area contributed by atoms with Crippen LogP contribution in [-0.2, 0) is 9.59 Å². The smallest absolute Gasteiger partial charge is 0.379 e. The Morgan fingerprint density at radius 3 is 2.53 bits per heavy atom. The highest BCUT2D eigenvalue weighted by Crippen LogP contribution is 2.31. The van der Waals surface area contributed by atoms with E-state index in [9.17, 15) is 19.2 Å². The topological polar surface area (TPSA) is 115 Å². The minimum absolute atomic E-state index is 0.0264. The second-order valence-electron chi connectivity index (χ2n) is 6.94. The number of hydrogen-bond donors (Lipinski definition) is 1. The zero-order valence-electron chi connectivity index (χ0n) is 17.7. The molecule has 2 aromatic carbocycles. The largest absolute Gasteiger partial charge is 0.490 e. The van der Waals surface area contributed by atoms with E-state index in [1.165, 1.54) is 30.5 Å². The number of imide groups is 2. The van der Waals surface area contributed by atoms with E-state index < -0.39 is 23.8 Å². The normalized spacial score (nSPS) is 14.8. The van der Waals surface area contributed by atoms with Gasteiger partial charge >= 0.3 is 12.0 Å². The molecule has 1 fully saturated rings. The predicted molar refractivity (Wildman–Crippen MR) is 129 cm³/mol. The van der Waals surface area contributed by atoms with Crippen LogP contribution in [0.1, 0.15) is 23.0 Å². The molecular formula is C24H17IN2O7. The van der Waals surface area contributed by atoms with Crippen LogP contribution in [0.5, 0.6) is 11.5 Å². The molecule has 1 aliphatic heterocycles. The maximum Gasteiger partial charge on any atom is 0.379 e. The highest BCUT2D eigenvalue weighted by molar-refractivity contribution is 14.1. The summed E-state index contributed by atoms with van der Waals surface area (Å²) in [6.45, 7) is 2.03. The summed E-state index contributed by atoms with van der Waals surface area (Å²) in [6.07, 6.45) is 2.69. The Kier molecular flexibility index (Phi) is 6.77. The van der Waals surface area contributed by atoms with Crippen LogP contribution in [0.4, 0.5) is 10.5 Å². The third-order valence-electron chi connectivity index (χ3n) is 4.69. The van der Waals surface area contributed by atoms with Gasteiger partial charge < -0.3 is 13.9 Å². The third kappa shape index (κ3) is 4.86. The Labute approximate surface area is 207 Å². The molecule has 4 rings (SSSR count). The molecule has 0 radical (unpaired) electrons. The van der Waals surface area contributed by atoms with E-state index in [1.807, 2.05) is 0 Å². The Bertz CT molecular complexity index is 1300. The molecule has 1 aromatic heterocycles. The molecule has 1 saturated heterocycles. The van der Waals surface area contributed by atoms with Crippen LogP contribution in [-0.4, -0.2) is 30.4 Å². The molecule has 1 N–H and O–H groups in total. The number of hydrogen-bond acceptors (Lipinski definition) is 7. The summed E-state index contributed by atoms with van der Waals surface area (Å²) in [5.74, 6) is -1.89. The van der Waals surface area contributed by atoms with Gasteiger partial charge in [0.2, 0.25) is 5.76 Å². The number of urea groups is 1. The molecule has 0 bridgehead atoms. The number of amides is 4. The van der Waals surface area contributed by atoms with Crippen molar-refractivity contribution in [2.24, 2.45) is 0 Å². The van der Waals surface area contributed by atoms with E-state index in [0.717, 1.165) is 8.47 Å². The van der Waals surface area contributed by atoms with E-state index in [0.29, 0.717) is 11.3 Å². The van der Waals surface area contributed by atoms with Crippen LogP contribution in [0.2, 0.25) is 0 Å². The Balaban J connectivity index is 1.64. The number of nitrogens with zero attached hydrogens (tertiary/aromatic N) is 1. The lowest BCUT2D eigenvalue weighted by atomic mass is 10.1. The van der Waals surface area contributed by atoms with Gasteiger partial charge in [-0.3, -0.25) is 14.9 Å². The number of nitrogens with one attached hydrogen (secondary N) is 1. The summed E-state index contributed by atoms with van der Waals surface area (Å²) in [6, 6.07) is 13.5. The molecule has 1 aliphatic rings. The number of anilines is 1. The molecule has 10 heteroatoms. The summed E-state index contributed by atoms with van der Waals surface area (Å²) >= 11 is 2.10. The van der Waals surface area contributed by atoms with Crippen LogP contribution in [0.3, 0.4) is 0 Å². The first-order valence-electron chi connectivity index (χ1n) is 10.1. The molecule has 34 heavy (non-hydrogen) atoms. The Morgan fingerprint density at radius 1 is 1.09 bits per heavy atom. The van der Waals surface area contributed by atoms with E-state index in [2.05, 4.69) is 27.9 Å². The molecule has 172 valence electrons. The third-order valence-corrected chi connectivity index (χ3v) is 5.41. The van der Waals surface area contributed by atoms with Gasteiger partial charge in [0.25, 0.3) is 11.8 Å². The van der Waals surface area contributed by atoms with Gasteiger partial charge in [-0.1, -0.05) is 6.07 Å². The minimum Gasteiger partial charge on any atom is -0.490 e. The zero-order valence-corrected chi connectivity index (χ0v) is 19.9. The molecule has 0 atom stereocenters. The Morgan fingerprint density at radius 2 is 1.85 bits per heavy atom. The minimum atomic E-state index is -0.830. The number of rotatable bonds is 6. The zero-order chi connectivity index (χ0) is 24.2. The summed E-state index contributed by atoms with van der Waals surface area (Å²) in [4.78, 5) is 51.0. The molecule has 9 nitrogen and oxygen atoms in total. The number of carbonyl (C=O) groups is 4.